The van der Waals surface area contributed by atoms with Crippen LogP contribution in [0.2, 0.25) is 0 Å². The van der Waals surface area contributed by atoms with E-state index in [-0.39, 0.29) is 11.5 Å². The smallest absolute Gasteiger partial charge is 0.253 e. The van der Waals surface area contributed by atoms with Crippen LogP contribution < -0.4 is 10.9 Å². The van der Waals surface area contributed by atoms with E-state index in [0.29, 0.717) is 30.2 Å². The molecule has 2 N–H and O–H groups in total. The molecule has 7 heteroatoms. The van der Waals surface area contributed by atoms with Gasteiger partial charge >= 0.3 is 0 Å². The minimum atomic E-state index is -0.124. The van der Waals surface area contributed by atoms with Crippen LogP contribution in [0.15, 0.2) is 4.79 Å². The molecule has 1 aliphatic heterocycles. The molecule has 28 heavy (non-hydrogen) atoms. The van der Waals surface area contributed by atoms with Crippen LogP contribution in [-0.4, -0.2) is 51.8 Å². The standard InChI is InChI=1S/C21H33N5O2/c1-13(2)11-26-9-8-16(12-26)10-22-18(27)7-6-17-14(3)19-15(4)24-25(5)20(19)23-21(17)28/h13,16H,6-12H2,1-5H3,(H,22,27)(H,23,28). The van der Waals surface area contributed by atoms with Crippen LogP contribution in [0.1, 0.15) is 43.5 Å². The Morgan fingerprint density at radius 3 is 2.82 bits per heavy atom. The maximum Gasteiger partial charge on any atom is 0.253 e. The summed E-state index contributed by atoms with van der Waals surface area (Å²) in [6.45, 7) is 12.4. The topological polar surface area (TPSA) is 83.0 Å². The number of aromatic nitrogens is 3. The van der Waals surface area contributed by atoms with E-state index < -0.39 is 0 Å². The average molecular weight is 388 g/mol. The molecular weight excluding hydrogens is 354 g/mol. The number of hydrogen-bond donors (Lipinski definition) is 2. The summed E-state index contributed by atoms with van der Waals surface area (Å²) in [6, 6.07) is 0. The van der Waals surface area contributed by atoms with Gasteiger partial charge in [0.15, 0.2) is 0 Å². The maximum atomic E-state index is 12.5. The largest absolute Gasteiger partial charge is 0.356 e. The van der Waals surface area contributed by atoms with Crippen LogP contribution in [-0.2, 0) is 18.3 Å². The van der Waals surface area contributed by atoms with E-state index in [9.17, 15) is 9.59 Å². The molecule has 2 aromatic heterocycles. The van der Waals surface area contributed by atoms with E-state index in [4.69, 9.17) is 0 Å². The number of amides is 1. The van der Waals surface area contributed by atoms with Crippen molar-refractivity contribution >= 4 is 16.9 Å². The lowest BCUT2D eigenvalue weighted by Gasteiger charge is -2.18. The highest BCUT2D eigenvalue weighted by molar-refractivity contribution is 5.83. The van der Waals surface area contributed by atoms with Crippen LogP contribution in [0.25, 0.3) is 11.0 Å². The normalized spacial score (nSPS) is 17.7. The number of carbonyl (C=O) groups excluding carboxylic acids is 1. The van der Waals surface area contributed by atoms with Crippen LogP contribution >= 0.6 is 0 Å². The molecular formula is C21H33N5O2. The first kappa shape index (κ1) is 20.6. The van der Waals surface area contributed by atoms with Gasteiger partial charge in [0.1, 0.15) is 5.65 Å². The zero-order chi connectivity index (χ0) is 20.4. The van der Waals surface area contributed by atoms with Crippen molar-refractivity contribution < 1.29 is 4.79 Å². The number of H-pyrrole nitrogens is 1. The van der Waals surface area contributed by atoms with Gasteiger partial charge in [0.25, 0.3) is 5.56 Å². The highest BCUT2D eigenvalue weighted by Crippen LogP contribution is 2.21. The van der Waals surface area contributed by atoms with E-state index in [1.54, 1.807) is 4.68 Å². The van der Waals surface area contributed by atoms with Crippen LogP contribution in [0, 0.1) is 25.7 Å². The Bertz CT molecular complexity index is 912. The third kappa shape index (κ3) is 4.46. The fourth-order valence-electron chi connectivity index (χ4n) is 4.40. The molecule has 1 amide bonds. The number of aromatic amines is 1. The molecule has 0 aliphatic carbocycles. The number of rotatable bonds is 7. The predicted octanol–water partition coefficient (Wildman–Crippen LogP) is 1.91. The summed E-state index contributed by atoms with van der Waals surface area (Å²) < 4.78 is 1.69. The summed E-state index contributed by atoms with van der Waals surface area (Å²) in [5, 5.41) is 8.44. The summed E-state index contributed by atoms with van der Waals surface area (Å²) in [5.41, 5.74) is 3.12. The molecule has 154 valence electrons. The van der Waals surface area contributed by atoms with E-state index in [1.165, 1.54) is 0 Å². The summed E-state index contributed by atoms with van der Waals surface area (Å²) in [6.07, 6.45) is 1.92. The van der Waals surface area contributed by atoms with Crippen molar-refractivity contribution in [3.63, 3.8) is 0 Å². The van der Waals surface area contributed by atoms with Crippen molar-refractivity contribution in [3.8, 4) is 0 Å². The minimum absolute atomic E-state index is 0.0177. The highest BCUT2D eigenvalue weighted by atomic mass is 16.1. The van der Waals surface area contributed by atoms with E-state index in [1.807, 2.05) is 20.9 Å². The van der Waals surface area contributed by atoms with Gasteiger partial charge in [-0.2, -0.15) is 5.10 Å². The zero-order valence-electron chi connectivity index (χ0n) is 17.8. The van der Waals surface area contributed by atoms with Gasteiger partial charge < -0.3 is 15.2 Å². The van der Waals surface area contributed by atoms with Gasteiger partial charge in [-0.1, -0.05) is 13.8 Å². The minimum Gasteiger partial charge on any atom is -0.356 e. The lowest BCUT2D eigenvalue weighted by atomic mass is 10.0. The fraction of sp³-hybridized carbons (Fsp3) is 0.667. The molecule has 1 unspecified atom stereocenters. The Labute approximate surface area is 166 Å². The van der Waals surface area contributed by atoms with E-state index in [0.717, 1.165) is 54.9 Å². The number of carbonyl (C=O) groups is 1. The van der Waals surface area contributed by atoms with Gasteiger partial charge in [-0.05, 0) is 50.6 Å². The number of likely N-dealkylation sites (tertiary alicyclic amines) is 1. The summed E-state index contributed by atoms with van der Waals surface area (Å²) >= 11 is 0. The van der Waals surface area contributed by atoms with Crippen molar-refractivity contribution in [3.05, 3.63) is 27.2 Å². The molecule has 1 fully saturated rings. The lowest BCUT2D eigenvalue weighted by molar-refractivity contribution is -0.121. The van der Waals surface area contributed by atoms with Crippen LogP contribution in [0.5, 0.6) is 0 Å². The second kappa shape index (κ2) is 8.47. The molecule has 2 aromatic rings. The molecule has 3 heterocycles. The second-order valence-corrected chi connectivity index (χ2v) is 8.60. The third-order valence-electron chi connectivity index (χ3n) is 5.74. The van der Waals surface area contributed by atoms with E-state index in [2.05, 4.69) is 34.1 Å². The Balaban J connectivity index is 1.55. The van der Waals surface area contributed by atoms with Crippen LogP contribution in [0.3, 0.4) is 0 Å². The Hall–Kier alpha value is -2.15. The number of nitrogens with zero attached hydrogens (tertiary/aromatic N) is 3. The molecule has 0 spiro atoms. The molecule has 1 aliphatic rings. The Kier molecular flexibility index (Phi) is 6.23. The average Bonchev–Trinajstić information content (AvgIpc) is 3.16. The summed E-state index contributed by atoms with van der Waals surface area (Å²) in [4.78, 5) is 30.2. The first-order chi connectivity index (χ1) is 13.3. The summed E-state index contributed by atoms with van der Waals surface area (Å²) in [5.74, 6) is 1.22. The van der Waals surface area contributed by atoms with Gasteiger partial charge in [-0.15, -0.1) is 0 Å². The van der Waals surface area contributed by atoms with Crippen molar-refractivity contribution in [2.45, 2.75) is 47.0 Å². The number of aryl methyl sites for hydroxylation is 3. The number of fused-ring (bicyclic) bond motifs is 1. The van der Waals surface area contributed by atoms with Crippen LogP contribution in [0.4, 0.5) is 0 Å². The molecule has 0 aromatic carbocycles. The SMILES string of the molecule is Cc1nn(C)c2[nH]c(=O)c(CCC(=O)NCC3CCN(CC(C)C)C3)c(C)c12. The molecule has 0 radical (unpaired) electrons. The Morgan fingerprint density at radius 1 is 1.36 bits per heavy atom. The first-order valence-electron chi connectivity index (χ1n) is 10.3. The Morgan fingerprint density at radius 2 is 2.11 bits per heavy atom. The fourth-order valence-corrected chi connectivity index (χ4v) is 4.40. The van der Waals surface area contributed by atoms with Gasteiger partial charge in [-0.25, -0.2) is 0 Å². The quantitative estimate of drug-likeness (QED) is 0.760. The van der Waals surface area contributed by atoms with Crippen molar-refractivity contribution in [2.75, 3.05) is 26.2 Å². The third-order valence-corrected chi connectivity index (χ3v) is 5.74. The molecule has 1 atom stereocenters. The van der Waals surface area contributed by atoms with Gasteiger partial charge in [0.05, 0.1) is 5.69 Å². The molecule has 0 saturated carbocycles. The molecule has 7 nitrogen and oxygen atoms in total. The van der Waals surface area contributed by atoms with Crippen molar-refractivity contribution in [1.29, 1.82) is 0 Å². The number of pyridine rings is 1. The predicted molar refractivity (Wildman–Crippen MR) is 112 cm³/mol. The van der Waals surface area contributed by atoms with Gasteiger partial charge in [0.2, 0.25) is 5.91 Å². The van der Waals surface area contributed by atoms with Gasteiger partial charge in [0, 0.05) is 44.1 Å². The molecule has 3 rings (SSSR count). The second-order valence-electron chi connectivity index (χ2n) is 8.60. The number of hydrogen-bond acceptors (Lipinski definition) is 4. The highest BCUT2D eigenvalue weighted by Gasteiger charge is 2.23. The monoisotopic (exact) mass is 387 g/mol. The number of nitrogens with one attached hydrogen (secondary N) is 2. The lowest BCUT2D eigenvalue weighted by Crippen LogP contribution is -2.32. The van der Waals surface area contributed by atoms with E-state index >= 15 is 0 Å². The summed E-state index contributed by atoms with van der Waals surface area (Å²) in [7, 11) is 1.82. The first-order valence-corrected chi connectivity index (χ1v) is 10.3. The molecule has 1 saturated heterocycles. The van der Waals surface area contributed by atoms with Gasteiger partial charge in [-0.3, -0.25) is 14.3 Å². The zero-order valence-corrected chi connectivity index (χ0v) is 17.8. The molecule has 0 bridgehead atoms. The van der Waals surface area contributed by atoms with Crippen molar-refractivity contribution in [2.24, 2.45) is 18.9 Å². The maximum absolute atomic E-state index is 12.5. The van der Waals surface area contributed by atoms with Crippen molar-refractivity contribution in [1.82, 2.24) is 25.0 Å².